The number of nitrogen functional groups attached to an aromatic ring is 1. The third kappa shape index (κ3) is 2.17. The van der Waals surface area contributed by atoms with Gasteiger partial charge in [-0.15, -0.1) is 0 Å². The number of carbonyl (C=O) groups is 1. The van der Waals surface area contributed by atoms with Gasteiger partial charge in [-0.1, -0.05) is 29.8 Å². The largest absolute Gasteiger partial charge is 0.399 e. The second kappa shape index (κ2) is 4.59. The Morgan fingerprint density at radius 2 is 2.00 bits per heavy atom. The molecule has 0 fully saturated rings. The van der Waals surface area contributed by atoms with E-state index in [1.165, 1.54) is 5.56 Å². The Hall–Kier alpha value is -2.00. The van der Waals surface area contributed by atoms with Crippen molar-refractivity contribution < 1.29 is 4.79 Å². The number of benzene rings is 2. The van der Waals surface area contributed by atoms with Crippen LogP contribution in [0.15, 0.2) is 42.5 Å². The molecule has 1 aliphatic heterocycles. The minimum absolute atomic E-state index is 0.0563. The van der Waals surface area contributed by atoms with Crippen LogP contribution < -0.4 is 10.6 Å². The van der Waals surface area contributed by atoms with Crippen molar-refractivity contribution in [1.29, 1.82) is 0 Å². The smallest absolute Gasteiger partial charge is 0.258 e. The second-order valence-electron chi connectivity index (χ2n) is 4.61. The summed E-state index contributed by atoms with van der Waals surface area (Å²) in [6, 6.07) is 12.9. The van der Waals surface area contributed by atoms with Gasteiger partial charge in [0, 0.05) is 28.5 Å². The summed E-state index contributed by atoms with van der Waals surface area (Å²) >= 11 is 5.95. The van der Waals surface area contributed by atoms with Crippen LogP contribution in [0.5, 0.6) is 0 Å². The van der Waals surface area contributed by atoms with Gasteiger partial charge in [-0.25, -0.2) is 0 Å². The Morgan fingerprint density at radius 3 is 2.79 bits per heavy atom. The summed E-state index contributed by atoms with van der Waals surface area (Å²) in [5.41, 5.74) is 8.95. The molecule has 2 N–H and O–H groups in total. The standard InChI is InChI=1S/C15H13ClN2O/c16-12-7-11(8-13(17)9-12)15(19)18-6-5-10-3-1-2-4-14(10)18/h1-4,7-9H,5-6,17H2. The molecule has 2 aromatic carbocycles. The second-order valence-corrected chi connectivity index (χ2v) is 5.05. The molecule has 4 heteroatoms. The van der Waals surface area contributed by atoms with E-state index in [4.69, 9.17) is 17.3 Å². The number of para-hydroxylation sites is 1. The fraction of sp³-hybridized carbons (Fsp3) is 0.133. The molecule has 0 atom stereocenters. The highest BCUT2D eigenvalue weighted by molar-refractivity contribution is 6.31. The zero-order chi connectivity index (χ0) is 13.4. The molecule has 1 heterocycles. The van der Waals surface area contributed by atoms with Crippen LogP contribution >= 0.6 is 11.6 Å². The molecular weight excluding hydrogens is 260 g/mol. The zero-order valence-electron chi connectivity index (χ0n) is 10.3. The Bertz CT molecular complexity index is 634. The van der Waals surface area contributed by atoms with Gasteiger partial charge in [-0.2, -0.15) is 0 Å². The van der Waals surface area contributed by atoms with Crippen LogP contribution in [-0.4, -0.2) is 12.5 Å². The van der Waals surface area contributed by atoms with Gasteiger partial charge in [0.1, 0.15) is 0 Å². The molecule has 0 bridgehead atoms. The van der Waals surface area contributed by atoms with Gasteiger partial charge in [-0.05, 0) is 36.2 Å². The maximum Gasteiger partial charge on any atom is 0.258 e. The minimum Gasteiger partial charge on any atom is -0.399 e. The predicted molar refractivity (Wildman–Crippen MR) is 77.7 cm³/mol. The summed E-state index contributed by atoms with van der Waals surface area (Å²) in [6.07, 6.45) is 0.887. The van der Waals surface area contributed by atoms with E-state index in [1.807, 2.05) is 18.2 Å². The van der Waals surface area contributed by atoms with Crippen LogP contribution in [0, 0.1) is 0 Å². The molecule has 3 rings (SSSR count). The van der Waals surface area contributed by atoms with E-state index in [0.29, 0.717) is 22.8 Å². The lowest BCUT2D eigenvalue weighted by Crippen LogP contribution is -2.28. The van der Waals surface area contributed by atoms with Gasteiger partial charge in [0.05, 0.1) is 0 Å². The fourth-order valence-electron chi connectivity index (χ4n) is 2.44. The van der Waals surface area contributed by atoms with Crippen LogP contribution in [0.2, 0.25) is 5.02 Å². The number of anilines is 2. The molecule has 1 amide bonds. The summed E-state index contributed by atoms with van der Waals surface area (Å²) in [5, 5.41) is 0.482. The molecule has 0 saturated carbocycles. The van der Waals surface area contributed by atoms with Crippen molar-refractivity contribution in [3.05, 3.63) is 58.6 Å². The number of halogens is 1. The van der Waals surface area contributed by atoms with Crippen molar-refractivity contribution in [2.45, 2.75) is 6.42 Å². The summed E-state index contributed by atoms with van der Waals surface area (Å²) in [5.74, 6) is -0.0563. The van der Waals surface area contributed by atoms with E-state index in [1.54, 1.807) is 23.1 Å². The average molecular weight is 273 g/mol. The molecular formula is C15H13ClN2O. The average Bonchev–Trinajstić information content (AvgIpc) is 2.80. The highest BCUT2D eigenvalue weighted by Crippen LogP contribution is 2.29. The molecule has 3 nitrogen and oxygen atoms in total. The van der Waals surface area contributed by atoms with Crippen LogP contribution in [0.4, 0.5) is 11.4 Å². The van der Waals surface area contributed by atoms with Crippen LogP contribution in [0.1, 0.15) is 15.9 Å². The lowest BCUT2D eigenvalue weighted by molar-refractivity contribution is 0.0989. The molecule has 0 radical (unpaired) electrons. The fourth-order valence-corrected chi connectivity index (χ4v) is 2.68. The van der Waals surface area contributed by atoms with Crippen molar-refractivity contribution in [2.24, 2.45) is 0 Å². The highest BCUT2D eigenvalue weighted by atomic mass is 35.5. The summed E-state index contributed by atoms with van der Waals surface area (Å²) < 4.78 is 0. The molecule has 19 heavy (non-hydrogen) atoms. The Labute approximate surface area is 116 Å². The van der Waals surface area contributed by atoms with Crippen molar-refractivity contribution in [1.82, 2.24) is 0 Å². The van der Waals surface area contributed by atoms with Gasteiger partial charge in [0.15, 0.2) is 0 Å². The van der Waals surface area contributed by atoms with Crippen molar-refractivity contribution >= 4 is 28.9 Å². The number of nitrogens with two attached hydrogens (primary N) is 1. The number of hydrogen-bond acceptors (Lipinski definition) is 2. The van der Waals surface area contributed by atoms with Gasteiger partial charge in [-0.3, -0.25) is 4.79 Å². The van der Waals surface area contributed by atoms with E-state index >= 15 is 0 Å². The highest BCUT2D eigenvalue weighted by Gasteiger charge is 2.25. The van der Waals surface area contributed by atoms with E-state index in [-0.39, 0.29) is 5.91 Å². The third-order valence-electron chi connectivity index (χ3n) is 3.30. The first-order valence-corrected chi connectivity index (χ1v) is 6.49. The Balaban J connectivity index is 1.98. The van der Waals surface area contributed by atoms with Gasteiger partial charge < -0.3 is 10.6 Å². The number of hydrogen-bond donors (Lipinski definition) is 1. The van der Waals surface area contributed by atoms with Crippen LogP contribution in [0.25, 0.3) is 0 Å². The lowest BCUT2D eigenvalue weighted by atomic mass is 10.1. The monoisotopic (exact) mass is 272 g/mol. The number of rotatable bonds is 1. The van der Waals surface area contributed by atoms with E-state index in [2.05, 4.69) is 6.07 Å². The van der Waals surface area contributed by atoms with Crippen molar-refractivity contribution in [3.63, 3.8) is 0 Å². The van der Waals surface area contributed by atoms with E-state index in [9.17, 15) is 4.79 Å². The molecule has 0 unspecified atom stereocenters. The summed E-state index contributed by atoms with van der Waals surface area (Å²) in [4.78, 5) is 14.3. The molecule has 0 aromatic heterocycles. The van der Waals surface area contributed by atoms with Crippen LogP contribution in [0.3, 0.4) is 0 Å². The van der Waals surface area contributed by atoms with Crippen LogP contribution in [-0.2, 0) is 6.42 Å². The van der Waals surface area contributed by atoms with Crippen molar-refractivity contribution in [2.75, 3.05) is 17.2 Å². The zero-order valence-corrected chi connectivity index (χ0v) is 11.0. The first kappa shape index (κ1) is 12.1. The molecule has 0 aliphatic carbocycles. The minimum atomic E-state index is -0.0563. The van der Waals surface area contributed by atoms with Crippen molar-refractivity contribution in [3.8, 4) is 0 Å². The molecule has 2 aromatic rings. The molecule has 0 saturated heterocycles. The number of fused-ring (bicyclic) bond motifs is 1. The maximum absolute atomic E-state index is 12.5. The quantitative estimate of drug-likeness (QED) is 0.811. The lowest BCUT2D eigenvalue weighted by Gasteiger charge is -2.17. The normalized spacial score (nSPS) is 13.4. The van der Waals surface area contributed by atoms with Gasteiger partial charge in [0.2, 0.25) is 0 Å². The van der Waals surface area contributed by atoms with Gasteiger partial charge >= 0.3 is 0 Å². The Kier molecular flexibility index (Phi) is 2.91. The van der Waals surface area contributed by atoms with E-state index in [0.717, 1.165) is 12.1 Å². The first-order valence-electron chi connectivity index (χ1n) is 6.11. The Morgan fingerprint density at radius 1 is 1.21 bits per heavy atom. The predicted octanol–water partition coefficient (Wildman–Crippen LogP) is 3.13. The number of nitrogens with zero attached hydrogens (tertiary/aromatic N) is 1. The topological polar surface area (TPSA) is 46.3 Å². The SMILES string of the molecule is Nc1cc(Cl)cc(C(=O)N2CCc3ccccc32)c1. The summed E-state index contributed by atoms with van der Waals surface area (Å²) in [7, 11) is 0. The maximum atomic E-state index is 12.5. The third-order valence-corrected chi connectivity index (χ3v) is 3.52. The van der Waals surface area contributed by atoms with Gasteiger partial charge in [0.25, 0.3) is 5.91 Å². The number of carbonyl (C=O) groups excluding carboxylic acids is 1. The molecule has 1 aliphatic rings. The van der Waals surface area contributed by atoms with E-state index < -0.39 is 0 Å². The number of amides is 1. The molecule has 96 valence electrons. The molecule has 0 spiro atoms. The first-order chi connectivity index (χ1) is 9.15. The summed E-state index contributed by atoms with van der Waals surface area (Å²) in [6.45, 7) is 0.699.